The largest absolute Gasteiger partial charge is 0.368 e. The first-order chi connectivity index (χ1) is 8.65. The number of hydrogen-bond acceptors (Lipinski definition) is 5. The van der Waals surface area contributed by atoms with Gasteiger partial charge in [-0.2, -0.15) is 15.1 Å². The second kappa shape index (κ2) is 5.20. The molecule has 1 unspecified atom stereocenters. The summed E-state index contributed by atoms with van der Waals surface area (Å²) in [6, 6.07) is 0.340. The quantitative estimate of drug-likeness (QED) is 0.754. The number of hydrogen-bond donors (Lipinski definition) is 3. The monoisotopic (exact) mass is 248 g/mol. The van der Waals surface area contributed by atoms with Crippen LogP contribution >= 0.6 is 0 Å². The molecule has 2 aromatic heterocycles. The van der Waals surface area contributed by atoms with E-state index in [4.69, 9.17) is 5.73 Å². The van der Waals surface area contributed by atoms with E-state index in [1.807, 2.05) is 0 Å². The Morgan fingerprint density at radius 3 is 2.72 bits per heavy atom. The zero-order chi connectivity index (χ0) is 13.1. The molecule has 0 spiro atoms. The first-order valence-electron chi connectivity index (χ1n) is 6.38. The molecule has 18 heavy (non-hydrogen) atoms. The van der Waals surface area contributed by atoms with E-state index in [0.717, 1.165) is 24.0 Å². The van der Waals surface area contributed by atoms with E-state index in [0.29, 0.717) is 17.6 Å². The molecule has 0 aliphatic rings. The summed E-state index contributed by atoms with van der Waals surface area (Å²) in [5.74, 6) is 1.62. The number of nitrogens with one attached hydrogen (secondary N) is 2. The van der Waals surface area contributed by atoms with E-state index in [1.165, 1.54) is 0 Å². The Morgan fingerprint density at radius 1 is 1.33 bits per heavy atom. The Balaban J connectivity index is 2.28. The van der Waals surface area contributed by atoms with Crippen LogP contribution in [0.4, 0.5) is 11.8 Å². The van der Waals surface area contributed by atoms with E-state index in [2.05, 4.69) is 46.3 Å². The summed E-state index contributed by atoms with van der Waals surface area (Å²) in [6.45, 7) is 6.57. The van der Waals surface area contributed by atoms with Crippen LogP contribution in [0.2, 0.25) is 0 Å². The van der Waals surface area contributed by atoms with Crippen LogP contribution in [0.3, 0.4) is 0 Å². The van der Waals surface area contributed by atoms with Crippen molar-refractivity contribution in [2.45, 2.75) is 39.7 Å². The third kappa shape index (κ3) is 2.37. The Labute approximate surface area is 106 Å². The summed E-state index contributed by atoms with van der Waals surface area (Å²) < 4.78 is 0. The Bertz CT molecular complexity index is 516. The van der Waals surface area contributed by atoms with Crippen LogP contribution in [0.5, 0.6) is 0 Å². The number of nitrogens with two attached hydrogens (primary N) is 1. The van der Waals surface area contributed by atoms with Gasteiger partial charge < -0.3 is 11.1 Å². The number of aromatic nitrogens is 4. The zero-order valence-electron chi connectivity index (χ0n) is 11.1. The molecular weight excluding hydrogens is 228 g/mol. The predicted molar refractivity (Wildman–Crippen MR) is 73.3 cm³/mol. The fourth-order valence-corrected chi connectivity index (χ4v) is 2.29. The minimum Gasteiger partial charge on any atom is -0.368 e. The zero-order valence-corrected chi connectivity index (χ0v) is 11.1. The lowest BCUT2D eigenvalue weighted by molar-refractivity contribution is 0.437. The Kier molecular flexibility index (Phi) is 3.64. The summed E-state index contributed by atoms with van der Waals surface area (Å²) in [5, 5.41) is 11.1. The summed E-state index contributed by atoms with van der Waals surface area (Å²) in [6.07, 6.45) is 4.00. The van der Waals surface area contributed by atoms with Crippen molar-refractivity contribution in [3.8, 4) is 0 Å². The summed E-state index contributed by atoms with van der Waals surface area (Å²) >= 11 is 0. The lowest BCUT2D eigenvalue weighted by atomic mass is 9.95. The number of H-pyrrole nitrogens is 1. The molecule has 0 aliphatic carbocycles. The van der Waals surface area contributed by atoms with Crippen LogP contribution in [-0.4, -0.2) is 26.2 Å². The van der Waals surface area contributed by atoms with Gasteiger partial charge in [-0.05, 0) is 12.8 Å². The molecule has 2 heterocycles. The smallest absolute Gasteiger partial charge is 0.224 e. The molecule has 0 fully saturated rings. The molecule has 1 atom stereocenters. The maximum atomic E-state index is 5.69. The fourth-order valence-electron chi connectivity index (χ4n) is 2.29. The minimum absolute atomic E-state index is 0.256. The number of aromatic amines is 1. The van der Waals surface area contributed by atoms with Crippen LogP contribution in [0, 0.1) is 5.92 Å². The second-order valence-electron chi connectivity index (χ2n) is 4.57. The maximum absolute atomic E-state index is 5.69. The summed E-state index contributed by atoms with van der Waals surface area (Å²) in [7, 11) is 0. The predicted octanol–water partition coefficient (Wildman–Crippen LogP) is 2.17. The van der Waals surface area contributed by atoms with Gasteiger partial charge in [0.25, 0.3) is 0 Å². The van der Waals surface area contributed by atoms with E-state index >= 15 is 0 Å². The van der Waals surface area contributed by atoms with Gasteiger partial charge in [0.15, 0.2) is 5.65 Å². The topological polar surface area (TPSA) is 92.5 Å². The van der Waals surface area contributed by atoms with E-state index in [9.17, 15) is 0 Å². The van der Waals surface area contributed by atoms with Gasteiger partial charge in [-0.1, -0.05) is 26.7 Å². The average Bonchev–Trinajstić information content (AvgIpc) is 2.78. The average molecular weight is 248 g/mol. The number of fused-ring (bicyclic) bond motifs is 1. The van der Waals surface area contributed by atoms with Gasteiger partial charge in [-0.15, -0.1) is 0 Å². The number of rotatable bonds is 5. The molecule has 2 aromatic rings. The fraction of sp³-hybridized carbons (Fsp3) is 0.583. The third-order valence-corrected chi connectivity index (χ3v) is 3.45. The molecule has 4 N–H and O–H groups in total. The molecule has 6 heteroatoms. The number of anilines is 2. The van der Waals surface area contributed by atoms with Crippen LogP contribution in [0.25, 0.3) is 11.0 Å². The maximum Gasteiger partial charge on any atom is 0.224 e. The molecule has 0 saturated carbocycles. The van der Waals surface area contributed by atoms with Gasteiger partial charge in [0.1, 0.15) is 5.82 Å². The van der Waals surface area contributed by atoms with Crippen LogP contribution in [-0.2, 0) is 0 Å². The molecule has 98 valence electrons. The molecular formula is C12H20N6. The molecule has 0 radical (unpaired) electrons. The highest BCUT2D eigenvalue weighted by atomic mass is 15.2. The van der Waals surface area contributed by atoms with Crippen molar-refractivity contribution in [2.24, 2.45) is 5.92 Å². The number of nitrogen functional groups attached to an aromatic ring is 1. The Hall–Kier alpha value is -1.85. The van der Waals surface area contributed by atoms with E-state index in [1.54, 1.807) is 6.20 Å². The first-order valence-corrected chi connectivity index (χ1v) is 6.38. The molecule has 0 aliphatic heterocycles. The summed E-state index contributed by atoms with van der Waals surface area (Å²) in [5.41, 5.74) is 6.36. The van der Waals surface area contributed by atoms with E-state index < -0.39 is 0 Å². The molecule has 0 bridgehead atoms. The molecule has 0 amide bonds. The van der Waals surface area contributed by atoms with Crippen molar-refractivity contribution in [1.29, 1.82) is 0 Å². The molecule has 0 aromatic carbocycles. The van der Waals surface area contributed by atoms with Crippen LogP contribution < -0.4 is 11.1 Å². The highest BCUT2D eigenvalue weighted by Gasteiger charge is 2.16. The third-order valence-electron chi connectivity index (χ3n) is 3.45. The standard InChI is InChI=1S/C12H20N6/c1-4-8(5-2)7(3)15-10-9-6-14-18-11(9)17-12(13)16-10/h6-8H,4-5H2,1-3H3,(H4,13,14,15,16,17,18). The van der Waals surface area contributed by atoms with Gasteiger partial charge in [0, 0.05) is 6.04 Å². The van der Waals surface area contributed by atoms with Gasteiger partial charge in [-0.25, -0.2) is 0 Å². The molecule has 0 saturated heterocycles. The normalized spacial score (nSPS) is 13.1. The molecule has 2 rings (SSSR count). The van der Waals surface area contributed by atoms with Crippen molar-refractivity contribution < 1.29 is 0 Å². The highest BCUT2D eigenvalue weighted by Crippen LogP contribution is 2.22. The van der Waals surface area contributed by atoms with Crippen molar-refractivity contribution in [2.75, 3.05) is 11.1 Å². The second-order valence-corrected chi connectivity index (χ2v) is 4.57. The summed E-state index contributed by atoms with van der Waals surface area (Å²) in [4.78, 5) is 8.36. The van der Waals surface area contributed by atoms with Crippen molar-refractivity contribution >= 4 is 22.8 Å². The van der Waals surface area contributed by atoms with Gasteiger partial charge in [0.2, 0.25) is 5.95 Å². The minimum atomic E-state index is 0.256. The lowest BCUT2D eigenvalue weighted by Gasteiger charge is -2.23. The van der Waals surface area contributed by atoms with Crippen LogP contribution in [0.15, 0.2) is 6.20 Å². The van der Waals surface area contributed by atoms with Gasteiger partial charge in [-0.3, -0.25) is 5.10 Å². The number of nitrogens with zero attached hydrogens (tertiary/aromatic N) is 3. The lowest BCUT2D eigenvalue weighted by Crippen LogP contribution is -2.25. The van der Waals surface area contributed by atoms with Crippen LogP contribution in [0.1, 0.15) is 33.6 Å². The van der Waals surface area contributed by atoms with Gasteiger partial charge >= 0.3 is 0 Å². The highest BCUT2D eigenvalue weighted by molar-refractivity contribution is 5.86. The van der Waals surface area contributed by atoms with Crippen molar-refractivity contribution in [3.63, 3.8) is 0 Å². The SMILES string of the molecule is CCC(CC)C(C)Nc1nc(N)nc2[nH]ncc12. The van der Waals surface area contributed by atoms with Crippen molar-refractivity contribution in [1.82, 2.24) is 20.2 Å². The van der Waals surface area contributed by atoms with Crippen molar-refractivity contribution in [3.05, 3.63) is 6.20 Å². The first kappa shape index (κ1) is 12.6. The van der Waals surface area contributed by atoms with E-state index in [-0.39, 0.29) is 5.95 Å². The van der Waals surface area contributed by atoms with Gasteiger partial charge in [0.05, 0.1) is 11.6 Å². The Morgan fingerprint density at radius 2 is 2.06 bits per heavy atom. The molecule has 6 nitrogen and oxygen atoms in total.